The van der Waals surface area contributed by atoms with Crippen LogP contribution in [0.25, 0.3) is 0 Å². The van der Waals surface area contributed by atoms with Gasteiger partial charge in [0.15, 0.2) is 9.84 Å². The summed E-state index contributed by atoms with van der Waals surface area (Å²) in [6, 6.07) is 8.03. The zero-order valence-corrected chi connectivity index (χ0v) is 12.0. The first-order chi connectivity index (χ1) is 9.62. The van der Waals surface area contributed by atoms with Gasteiger partial charge in [0.25, 0.3) is 0 Å². The Kier molecular flexibility index (Phi) is 5.12. The predicted molar refractivity (Wildman–Crippen MR) is 75.1 cm³/mol. The zero-order chi connectivity index (χ0) is 14.4. The number of nitrogens with zero attached hydrogens (tertiary/aromatic N) is 1. The van der Waals surface area contributed by atoms with Crippen LogP contribution in [0.1, 0.15) is 18.4 Å². The Morgan fingerprint density at radius 3 is 2.80 bits per heavy atom. The van der Waals surface area contributed by atoms with Crippen molar-refractivity contribution in [2.45, 2.75) is 23.8 Å². The minimum atomic E-state index is -3.39. The largest absolute Gasteiger partial charge is 0.377 e. The molecule has 1 aromatic carbocycles. The number of benzene rings is 1. The molecule has 0 atom stereocenters. The van der Waals surface area contributed by atoms with Gasteiger partial charge in [0.05, 0.1) is 35.0 Å². The third kappa shape index (κ3) is 4.04. The number of rotatable bonds is 5. The number of hydrogen-bond acceptors (Lipinski definition) is 5. The highest BCUT2D eigenvalue weighted by Crippen LogP contribution is 2.14. The lowest BCUT2D eigenvalue weighted by molar-refractivity contribution is 0.0427. The Morgan fingerprint density at radius 1 is 1.35 bits per heavy atom. The van der Waals surface area contributed by atoms with Crippen LogP contribution in [0, 0.1) is 11.3 Å². The average molecular weight is 294 g/mol. The summed E-state index contributed by atoms with van der Waals surface area (Å²) in [4.78, 5) is 0.186. The fourth-order valence-corrected chi connectivity index (χ4v) is 3.31. The molecule has 0 spiro atoms. The molecule has 6 heteroatoms. The second-order valence-electron chi connectivity index (χ2n) is 4.78. The third-order valence-electron chi connectivity index (χ3n) is 3.31. The molecule has 108 valence electrons. The fraction of sp³-hybridized carbons (Fsp3) is 0.500. The van der Waals surface area contributed by atoms with E-state index in [0.717, 1.165) is 25.9 Å². The first kappa shape index (κ1) is 15.0. The molecule has 5 nitrogen and oxygen atoms in total. The van der Waals surface area contributed by atoms with Gasteiger partial charge in [-0.2, -0.15) is 5.26 Å². The van der Waals surface area contributed by atoms with Gasteiger partial charge >= 0.3 is 0 Å². The Balaban J connectivity index is 1.91. The monoisotopic (exact) mass is 294 g/mol. The lowest BCUT2D eigenvalue weighted by Crippen LogP contribution is -2.33. The van der Waals surface area contributed by atoms with Crippen LogP contribution < -0.4 is 5.32 Å². The number of hydrogen-bond donors (Lipinski definition) is 1. The van der Waals surface area contributed by atoms with Crippen molar-refractivity contribution in [3.63, 3.8) is 0 Å². The minimum absolute atomic E-state index is 0.0498. The van der Waals surface area contributed by atoms with Crippen molar-refractivity contribution in [3.8, 4) is 6.07 Å². The summed E-state index contributed by atoms with van der Waals surface area (Å²) in [5.41, 5.74) is 0.352. The van der Waals surface area contributed by atoms with Crippen molar-refractivity contribution in [3.05, 3.63) is 29.8 Å². The first-order valence-electron chi connectivity index (χ1n) is 6.67. The molecule has 0 amide bonds. The summed E-state index contributed by atoms with van der Waals surface area (Å²) < 4.78 is 29.9. The van der Waals surface area contributed by atoms with E-state index < -0.39 is 9.84 Å². The van der Waals surface area contributed by atoms with Gasteiger partial charge in [-0.3, -0.25) is 0 Å². The SMILES string of the molecule is N#Cc1cccc(S(=O)(=O)CCOC2CCNCC2)c1. The maximum Gasteiger partial charge on any atom is 0.180 e. The number of nitriles is 1. The molecule has 0 aliphatic carbocycles. The number of nitrogens with one attached hydrogen (secondary N) is 1. The van der Waals surface area contributed by atoms with Crippen molar-refractivity contribution >= 4 is 9.84 Å². The van der Waals surface area contributed by atoms with Gasteiger partial charge in [0, 0.05) is 0 Å². The maximum absolute atomic E-state index is 12.1. The number of piperidine rings is 1. The van der Waals surface area contributed by atoms with Crippen LogP contribution in [0.5, 0.6) is 0 Å². The van der Waals surface area contributed by atoms with Crippen LogP contribution in [-0.2, 0) is 14.6 Å². The van der Waals surface area contributed by atoms with Crippen molar-refractivity contribution in [2.24, 2.45) is 0 Å². The zero-order valence-electron chi connectivity index (χ0n) is 11.2. The molecular weight excluding hydrogens is 276 g/mol. The highest BCUT2D eigenvalue weighted by molar-refractivity contribution is 7.91. The van der Waals surface area contributed by atoms with Gasteiger partial charge in [-0.15, -0.1) is 0 Å². The first-order valence-corrected chi connectivity index (χ1v) is 8.32. The lowest BCUT2D eigenvalue weighted by atomic mass is 10.1. The van der Waals surface area contributed by atoms with Gasteiger partial charge in [-0.25, -0.2) is 8.42 Å². The molecule has 2 rings (SSSR count). The van der Waals surface area contributed by atoms with Crippen molar-refractivity contribution < 1.29 is 13.2 Å². The number of sulfone groups is 1. The van der Waals surface area contributed by atoms with Crippen LogP contribution >= 0.6 is 0 Å². The van der Waals surface area contributed by atoms with Gasteiger partial charge in [-0.1, -0.05) is 6.07 Å². The molecule has 1 saturated heterocycles. The summed E-state index contributed by atoms with van der Waals surface area (Å²) in [6.07, 6.45) is 1.99. The smallest absolute Gasteiger partial charge is 0.180 e. The van der Waals surface area contributed by atoms with Gasteiger partial charge in [-0.05, 0) is 44.1 Å². The fourth-order valence-electron chi connectivity index (χ4n) is 2.16. The Labute approximate surface area is 119 Å². The van der Waals surface area contributed by atoms with Gasteiger partial charge in [0.1, 0.15) is 0 Å². The Bertz CT molecular complexity index is 587. The van der Waals surface area contributed by atoms with E-state index in [1.807, 2.05) is 6.07 Å². The van der Waals surface area contributed by atoms with E-state index in [9.17, 15) is 8.42 Å². The van der Waals surface area contributed by atoms with Crippen LogP contribution in [0.3, 0.4) is 0 Å². The van der Waals surface area contributed by atoms with E-state index in [2.05, 4.69) is 5.32 Å². The minimum Gasteiger partial charge on any atom is -0.377 e. The van der Waals surface area contributed by atoms with Gasteiger partial charge < -0.3 is 10.1 Å². The quantitative estimate of drug-likeness (QED) is 0.879. The highest BCUT2D eigenvalue weighted by atomic mass is 32.2. The van der Waals surface area contributed by atoms with Crippen LogP contribution in [0.4, 0.5) is 0 Å². The van der Waals surface area contributed by atoms with Crippen molar-refractivity contribution in [1.82, 2.24) is 5.32 Å². The molecule has 0 bridgehead atoms. The second-order valence-corrected chi connectivity index (χ2v) is 6.89. The van der Waals surface area contributed by atoms with E-state index in [1.54, 1.807) is 12.1 Å². The second kappa shape index (κ2) is 6.84. The molecule has 1 aliphatic rings. The normalized spacial score (nSPS) is 16.8. The molecule has 0 saturated carbocycles. The topological polar surface area (TPSA) is 79.2 Å². The van der Waals surface area contributed by atoms with E-state index >= 15 is 0 Å². The molecule has 0 unspecified atom stereocenters. The molecule has 1 aliphatic heterocycles. The molecule has 0 radical (unpaired) electrons. The lowest BCUT2D eigenvalue weighted by Gasteiger charge is -2.22. The van der Waals surface area contributed by atoms with Gasteiger partial charge in [0.2, 0.25) is 0 Å². The summed E-state index contributed by atoms with van der Waals surface area (Å²) in [5.74, 6) is -0.0498. The molecule has 1 heterocycles. The molecule has 1 aromatic rings. The average Bonchev–Trinajstić information content (AvgIpc) is 2.48. The summed E-state index contributed by atoms with van der Waals surface area (Å²) in [7, 11) is -3.39. The van der Waals surface area contributed by atoms with Crippen LogP contribution in [-0.4, -0.2) is 40.0 Å². The third-order valence-corrected chi connectivity index (χ3v) is 4.99. The Hall–Kier alpha value is -1.42. The molecule has 1 fully saturated rings. The van der Waals surface area contributed by atoms with Crippen molar-refractivity contribution in [1.29, 1.82) is 5.26 Å². The van der Waals surface area contributed by atoms with E-state index in [-0.39, 0.29) is 23.4 Å². The molecule has 1 N–H and O–H groups in total. The predicted octanol–water partition coefficient (Wildman–Crippen LogP) is 1.10. The Morgan fingerprint density at radius 2 is 2.10 bits per heavy atom. The molecule has 20 heavy (non-hydrogen) atoms. The van der Waals surface area contributed by atoms with Crippen LogP contribution in [0.2, 0.25) is 0 Å². The molecule has 0 aromatic heterocycles. The van der Waals surface area contributed by atoms with Crippen LogP contribution in [0.15, 0.2) is 29.2 Å². The summed E-state index contributed by atoms with van der Waals surface area (Å²) >= 11 is 0. The summed E-state index contributed by atoms with van der Waals surface area (Å²) in [6.45, 7) is 2.03. The van der Waals surface area contributed by atoms with Crippen molar-refractivity contribution in [2.75, 3.05) is 25.4 Å². The maximum atomic E-state index is 12.1. The summed E-state index contributed by atoms with van der Waals surface area (Å²) in [5, 5.41) is 12.0. The van der Waals surface area contributed by atoms with E-state index in [4.69, 9.17) is 10.00 Å². The van der Waals surface area contributed by atoms with E-state index in [1.165, 1.54) is 12.1 Å². The molecular formula is C14H18N2O3S. The highest BCUT2D eigenvalue weighted by Gasteiger charge is 2.18. The standard InChI is InChI=1S/C14H18N2O3S/c15-11-12-2-1-3-14(10-12)20(17,18)9-8-19-13-4-6-16-7-5-13/h1-3,10,13,16H,4-9H2. The van der Waals surface area contributed by atoms with E-state index in [0.29, 0.717) is 5.56 Å². The number of ether oxygens (including phenoxy) is 1.